The van der Waals surface area contributed by atoms with Gasteiger partial charge in [0.05, 0.1) is 29.6 Å². The number of carbonyl (C=O) groups excluding carboxylic acids is 3. The molecule has 152 valence electrons. The number of barbiturate groups is 1. The Morgan fingerprint density at radius 3 is 2.62 bits per heavy atom. The number of carbonyl (C=O) groups is 3. The van der Waals surface area contributed by atoms with Crippen LogP contribution in [0.15, 0.2) is 10.6 Å². The molecule has 9 nitrogen and oxygen atoms in total. The number of ether oxygens (including phenoxy) is 1. The van der Waals surface area contributed by atoms with Gasteiger partial charge in [0.1, 0.15) is 0 Å². The van der Waals surface area contributed by atoms with E-state index in [1.54, 1.807) is 24.8 Å². The number of fused-ring (bicyclic) bond motifs is 5. The van der Waals surface area contributed by atoms with Crippen LogP contribution in [0.1, 0.15) is 25.1 Å². The highest BCUT2D eigenvalue weighted by atomic mass is 19.1. The number of urea groups is 1. The summed E-state index contributed by atoms with van der Waals surface area (Å²) in [4.78, 5) is 39.5. The summed E-state index contributed by atoms with van der Waals surface area (Å²) in [6.45, 7) is 5.55. The molecule has 2 saturated heterocycles. The molecule has 0 saturated carbocycles. The van der Waals surface area contributed by atoms with Crippen LogP contribution in [0.25, 0.3) is 11.0 Å². The molecule has 2 N–H and O–H groups in total. The molecule has 1 aromatic carbocycles. The minimum Gasteiger partial charge on any atom is -0.372 e. The molecule has 1 aromatic heterocycles. The molecule has 0 unspecified atom stereocenters. The summed E-state index contributed by atoms with van der Waals surface area (Å²) < 4.78 is 26.6. The smallest absolute Gasteiger partial charge is 0.328 e. The lowest BCUT2D eigenvalue weighted by Gasteiger charge is -2.55. The van der Waals surface area contributed by atoms with Crippen molar-refractivity contribution in [2.75, 3.05) is 11.4 Å². The summed E-state index contributed by atoms with van der Waals surface area (Å²) in [5.74, 6) is -1.99. The number of hydrogen-bond acceptors (Lipinski definition) is 7. The molecule has 0 radical (unpaired) electrons. The molecule has 0 bridgehead atoms. The van der Waals surface area contributed by atoms with Gasteiger partial charge >= 0.3 is 6.03 Å². The fourth-order valence-electron chi connectivity index (χ4n) is 5.06. The second-order valence-corrected chi connectivity index (χ2v) is 7.98. The van der Waals surface area contributed by atoms with E-state index in [-0.39, 0.29) is 30.3 Å². The van der Waals surface area contributed by atoms with Crippen LogP contribution in [-0.2, 0) is 20.7 Å². The van der Waals surface area contributed by atoms with Crippen LogP contribution >= 0.6 is 0 Å². The van der Waals surface area contributed by atoms with Gasteiger partial charge in [-0.3, -0.25) is 20.2 Å². The van der Waals surface area contributed by atoms with E-state index >= 15 is 4.39 Å². The van der Waals surface area contributed by atoms with Crippen LogP contribution in [0.5, 0.6) is 0 Å². The van der Waals surface area contributed by atoms with Crippen molar-refractivity contribution in [3.05, 3.63) is 23.1 Å². The van der Waals surface area contributed by atoms with Crippen molar-refractivity contribution in [3.8, 4) is 0 Å². The number of benzene rings is 1. The Morgan fingerprint density at radius 1 is 1.24 bits per heavy atom. The van der Waals surface area contributed by atoms with E-state index in [4.69, 9.17) is 9.26 Å². The quantitative estimate of drug-likeness (QED) is 0.636. The lowest BCUT2D eigenvalue weighted by Crippen LogP contribution is -2.75. The van der Waals surface area contributed by atoms with E-state index in [1.807, 2.05) is 6.92 Å². The summed E-state index contributed by atoms with van der Waals surface area (Å²) in [7, 11) is 0. The van der Waals surface area contributed by atoms with Crippen LogP contribution in [0, 0.1) is 18.2 Å². The van der Waals surface area contributed by atoms with Gasteiger partial charge in [-0.15, -0.1) is 0 Å². The van der Waals surface area contributed by atoms with E-state index < -0.39 is 41.2 Å². The average molecular weight is 402 g/mol. The second-order valence-electron chi connectivity index (χ2n) is 7.98. The molecular weight excluding hydrogens is 383 g/mol. The number of halogens is 1. The first-order chi connectivity index (χ1) is 13.7. The van der Waals surface area contributed by atoms with Gasteiger partial charge in [0, 0.05) is 18.4 Å². The molecule has 1 spiro atoms. The van der Waals surface area contributed by atoms with Crippen molar-refractivity contribution in [2.24, 2.45) is 5.41 Å². The van der Waals surface area contributed by atoms with Crippen molar-refractivity contribution >= 4 is 34.5 Å². The maximum atomic E-state index is 15.5. The zero-order valence-corrected chi connectivity index (χ0v) is 16.0. The maximum absolute atomic E-state index is 15.5. The Morgan fingerprint density at radius 2 is 1.93 bits per heavy atom. The standard InChI is InChI=1S/C19H19FN4O5/c1-7-6-24-13-10(4-11-8(2)23-29-14(11)12(13)20)5-19(15(24)9(3)28-7)16(25)21-18(27)22-17(19)26/h4,7,9,15H,5-6H2,1-3H3,(H2,21,22,25,26,27)/t7-,9+,15-/m0/s1. The van der Waals surface area contributed by atoms with E-state index in [0.29, 0.717) is 16.6 Å². The van der Waals surface area contributed by atoms with Gasteiger partial charge < -0.3 is 14.2 Å². The molecule has 0 aliphatic carbocycles. The highest BCUT2D eigenvalue weighted by molar-refractivity contribution is 6.20. The molecule has 3 atom stereocenters. The zero-order valence-electron chi connectivity index (χ0n) is 16.0. The Labute approximate surface area is 164 Å². The molecule has 2 aromatic rings. The average Bonchev–Trinajstić information content (AvgIpc) is 3.00. The number of nitrogens with zero attached hydrogens (tertiary/aromatic N) is 2. The summed E-state index contributed by atoms with van der Waals surface area (Å²) in [6.07, 6.45) is -0.899. The molecule has 4 amide bonds. The van der Waals surface area contributed by atoms with Crippen LogP contribution in [0.4, 0.5) is 14.9 Å². The first-order valence-corrected chi connectivity index (χ1v) is 9.40. The highest BCUT2D eigenvalue weighted by Crippen LogP contribution is 2.49. The number of imide groups is 2. The molecule has 29 heavy (non-hydrogen) atoms. The van der Waals surface area contributed by atoms with Crippen molar-refractivity contribution in [1.29, 1.82) is 0 Å². The molecule has 3 aliphatic rings. The van der Waals surface area contributed by atoms with Crippen molar-refractivity contribution < 1.29 is 28.0 Å². The Kier molecular flexibility index (Phi) is 3.58. The number of nitrogens with one attached hydrogen (secondary N) is 2. The summed E-state index contributed by atoms with van der Waals surface area (Å²) in [5.41, 5.74) is -0.321. The number of aryl methyl sites for hydroxylation is 1. The predicted molar refractivity (Wildman–Crippen MR) is 97.7 cm³/mol. The number of anilines is 1. The largest absolute Gasteiger partial charge is 0.372 e. The van der Waals surface area contributed by atoms with E-state index in [9.17, 15) is 14.4 Å². The van der Waals surface area contributed by atoms with E-state index in [1.165, 1.54) is 0 Å². The third-order valence-electron chi connectivity index (χ3n) is 6.15. The third kappa shape index (κ3) is 2.23. The number of amides is 4. The van der Waals surface area contributed by atoms with Gasteiger partial charge in [-0.1, -0.05) is 5.16 Å². The van der Waals surface area contributed by atoms with E-state index in [2.05, 4.69) is 15.8 Å². The highest BCUT2D eigenvalue weighted by Gasteiger charge is 2.63. The molecular formula is C19H19FN4O5. The van der Waals surface area contributed by atoms with Crippen LogP contribution in [0.3, 0.4) is 0 Å². The van der Waals surface area contributed by atoms with Gasteiger partial charge in [0.2, 0.25) is 17.4 Å². The predicted octanol–water partition coefficient (Wildman–Crippen LogP) is 1.17. The van der Waals surface area contributed by atoms with Gasteiger partial charge in [0.15, 0.2) is 11.2 Å². The van der Waals surface area contributed by atoms with Crippen molar-refractivity contribution in [3.63, 3.8) is 0 Å². The van der Waals surface area contributed by atoms with Gasteiger partial charge in [-0.25, -0.2) is 9.18 Å². The molecule has 10 heteroatoms. The number of hydrogen-bond donors (Lipinski definition) is 2. The van der Waals surface area contributed by atoms with Crippen LogP contribution < -0.4 is 15.5 Å². The summed E-state index contributed by atoms with van der Waals surface area (Å²) in [6, 6.07) is 0.0480. The normalized spacial score (nSPS) is 28.2. The molecule has 4 heterocycles. The monoisotopic (exact) mass is 402 g/mol. The Balaban J connectivity index is 1.79. The molecule has 3 aliphatic heterocycles. The number of morpholine rings is 1. The SMILES string of the molecule is Cc1noc2c(F)c3c(cc12)CC1(C(=O)NC(=O)NC1=O)[C@@H]1[C@@H](C)O[C@@H](C)CN31. The maximum Gasteiger partial charge on any atom is 0.328 e. The number of rotatable bonds is 0. The van der Waals surface area contributed by atoms with E-state index in [0.717, 1.165) is 0 Å². The zero-order chi connectivity index (χ0) is 20.7. The van der Waals surface area contributed by atoms with Crippen molar-refractivity contribution in [2.45, 2.75) is 45.4 Å². The number of aromatic nitrogens is 1. The first kappa shape index (κ1) is 18.0. The third-order valence-corrected chi connectivity index (χ3v) is 6.15. The topological polar surface area (TPSA) is 114 Å². The minimum atomic E-state index is -1.63. The lowest BCUT2D eigenvalue weighted by molar-refractivity contribution is -0.153. The molecule has 2 fully saturated rings. The van der Waals surface area contributed by atoms with Gasteiger partial charge in [-0.05, 0) is 32.4 Å². The van der Waals surface area contributed by atoms with Gasteiger partial charge in [0.25, 0.3) is 0 Å². The first-order valence-electron chi connectivity index (χ1n) is 9.40. The lowest BCUT2D eigenvalue weighted by atomic mass is 9.66. The summed E-state index contributed by atoms with van der Waals surface area (Å²) >= 11 is 0. The van der Waals surface area contributed by atoms with Gasteiger partial charge in [-0.2, -0.15) is 0 Å². The summed E-state index contributed by atoms with van der Waals surface area (Å²) in [5, 5.41) is 8.74. The fourth-order valence-corrected chi connectivity index (χ4v) is 5.06. The second kappa shape index (κ2) is 5.76. The molecule has 5 rings (SSSR count). The van der Waals surface area contributed by atoms with Crippen LogP contribution in [-0.4, -0.2) is 47.8 Å². The van der Waals surface area contributed by atoms with Crippen LogP contribution in [0.2, 0.25) is 0 Å². The van der Waals surface area contributed by atoms with Crippen molar-refractivity contribution in [1.82, 2.24) is 15.8 Å². The Hall–Kier alpha value is -3.01. The minimum absolute atomic E-state index is 0.0375. The fraction of sp³-hybridized carbons (Fsp3) is 0.474. The Bertz CT molecular complexity index is 1080.